The fourth-order valence-corrected chi connectivity index (χ4v) is 1.63. The van der Waals surface area contributed by atoms with E-state index < -0.39 is 0 Å². The summed E-state index contributed by atoms with van der Waals surface area (Å²) in [5.41, 5.74) is 1.06. The minimum absolute atomic E-state index is 0.151. The van der Waals surface area contributed by atoms with E-state index in [9.17, 15) is 4.39 Å². The topological polar surface area (TPSA) is 12.0 Å². The van der Waals surface area contributed by atoms with Crippen molar-refractivity contribution in [1.82, 2.24) is 5.32 Å². The third-order valence-corrected chi connectivity index (χ3v) is 2.84. The molecular weight excluding hydrogens is 189 g/mol. The normalized spacial score (nSPS) is 14.9. The lowest BCUT2D eigenvalue weighted by molar-refractivity contribution is 0.479. The Morgan fingerprint density at radius 2 is 2.07 bits per heavy atom. The standard InChI is InChI=1S/C13H20FN/c1-4-8-15-11(3)10(2)12-6-5-7-13(14)9-12/h5-7,9-11,15H,4,8H2,1-3H3. The number of halogens is 1. The SMILES string of the molecule is CCCNC(C)C(C)c1cccc(F)c1. The van der Waals surface area contributed by atoms with Gasteiger partial charge in [0.25, 0.3) is 0 Å². The molecule has 0 aliphatic carbocycles. The molecule has 0 spiro atoms. The molecular formula is C13H20FN. The van der Waals surface area contributed by atoms with E-state index in [2.05, 4.69) is 26.1 Å². The van der Waals surface area contributed by atoms with Crippen LogP contribution in [0.15, 0.2) is 24.3 Å². The fourth-order valence-electron chi connectivity index (χ4n) is 1.63. The van der Waals surface area contributed by atoms with Crippen molar-refractivity contribution in [1.29, 1.82) is 0 Å². The minimum Gasteiger partial charge on any atom is -0.314 e. The molecule has 0 saturated carbocycles. The van der Waals surface area contributed by atoms with Crippen molar-refractivity contribution in [2.45, 2.75) is 39.2 Å². The smallest absolute Gasteiger partial charge is 0.123 e. The van der Waals surface area contributed by atoms with Gasteiger partial charge in [-0.15, -0.1) is 0 Å². The molecule has 1 nitrogen and oxygen atoms in total. The molecule has 0 aromatic heterocycles. The summed E-state index contributed by atoms with van der Waals surface area (Å²) in [4.78, 5) is 0. The van der Waals surface area contributed by atoms with Crippen molar-refractivity contribution in [2.24, 2.45) is 0 Å². The van der Waals surface area contributed by atoms with Gasteiger partial charge >= 0.3 is 0 Å². The van der Waals surface area contributed by atoms with E-state index in [1.807, 2.05) is 6.07 Å². The number of hydrogen-bond donors (Lipinski definition) is 1. The van der Waals surface area contributed by atoms with Crippen LogP contribution < -0.4 is 5.32 Å². The maximum Gasteiger partial charge on any atom is 0.123 e. The number of nitrogens with one attached hydrogen (secondary N) is 1. The van der Waals surface area contributed by atoms with E-state index >= 15 is 0 Å². The Balaban J connectivity index is 2.62. The van der Waals surface area contributed by atoms with Crippen LogP contribution in [-0.2, 0) is 0 Å². The molecule has 0 bridgehead atoms. The molecule has 0 aliphatic heterocycles. The van der Waals surface area contributed by atoms with Crippen LogP contribution in [0.2, 0.25) is 0 Å². The summed E-state index contributed by atoms with van der Waals surface area (Å²) in [6.07, 6.45) is 1.13. The van der Waals surface area contributed by atoms with Gasteiger partial charge in [-0.2, -0.15) is 0 Å². The zero-order valence-corrected chi connectivity index (χ0v) is 9.76. The van der Waals surface area contributed by atoms with Crippen molar-refractivity contribution >= 4 is 0 Å². The van der Waals surface area contributed by atoms with E-state index in [-0.39, 0.29) is 5.82 Å². The van der Waals surface area contributed by atoms with E-state index in [4.69, 9.17) is 0 Å². The Hall–Kier alpha value is -0.890. The molecule has 15 heavy (non-hydrogen) atoms. The molecule has 1 N–H and O–H groups in total. The second kappa shape index (κ2) is 5.86. The van der Waals surface area contributed by atoms with E-state index in [1.165, 1.54) is 6.07 Å². The third-order valence-electron chi connectivity index (χ3n) is 2.84. The monoisotopic (exact) mass is 209 g/mol. The van der Waals surface area contributed by atoms with Gasteiger partial charge in [0.15, 0.2) is 0 Å². The molecule has 0 saturated heterocycles. The molecule has 2 atom stereocenters. The average molecular weight is 209 g/mol. The summed E-state index contributed by atoms with van der Waals surface area (Å²) >= 11 is 0. The number of hydrogen-bond acceptors (Lipinski definition) is 1. The second-order valence-corrected chi connectivity index (χ2v) is 4.09. The van der Waals surface area contributed by atoms with Crippen molar-refractivity contribution in [3.63, 3.8) is 0 Å². The molecule has 2 unspecified atom stereocenters. The molecule has 0 heterocycles. The lowest BCUT2D eigenvalue weighted by Gasteiger charge is -2.21. The van der Waals surface area contributed by atoms with Crippen molar-refractivity contribution in [3.8, 4) is 0 Å². The molecule has 1 aromatic rings. The van der Waals surface area contributed by atoms with Crippen molar-refractivity contribution < 1.29 is 4.39 Å². The lowest BCUT2D eigenvalue weighted by Crippen LogP contribution is -2.31. The van der Waals surface area contributed by atoms with Crippen LogP contribution in [0.5, 0.6) is 0 Å². The van der Waals surface area contributed by atoms with Gasteiger partial charge in [0.2, 0.25) is 0 Å². The van der Waals surface area contributed by atoms with Crippen molar-refractivity contribution in [3.05, 3.63) is 35.6 Å². The van der Waals surface area contributed by atoms with Gasteiger partial charge in [0.05, 0.1) is 0 Å². The van der Waals surface area contributed by atoms with Gasteiger partial charge in [-0.05, 0) is 43.5 Å². The van der Waals surface area contributed by atoms with Crippen LogP contribution in [0, 0.1) is 5.82 Å². The molecule has 1 aromatic carbocycles. The first-order valence-corrected chi connectivity index (χ1v) is 5.64. The molecule has 84 valence electrons. The fraction of sp³-hybridized carbons (Fsp3) is 0.538. The summed E-state index contributed by atoms with van der Waals surface area (Å²) in [5, 5.41) is 3.43. The quantitative estimate of drug-likeness (QED) is 0.784. The van der Waals surface area contributed by atoms with Crippen LogP contribution in [0.1, 0.15) is 38.7 Å². The number of benzene rings is 1. The number of rotatable bonds is 5. The Labute approximate surface area is 91.7 Å². The molecule has 2 heteroatoms. The van der Waals surface area contributed by atoms with Crippen LogP contribution >= 0.6 is 0 Å². The summed E-state index contributed by atoms with van der Waals surface area (Å²) in [7, 11) is 0. The van der Waals surface area contributed by atoms with E-state index in [1.54, 1.807) is 12.1 Å². The zero-order chi connectivity index (χ0) is 11.3. The Morgan fingerprint density at radius 3 is 2.67 bits per heavy atom. The predicted molar refractivity (Wildman–Crippen MR) is 62.6 cm³/mol. The van der Waals surface area contributed by atoms with Crippen LogP contribution in [0.25, 0.3) is 0 Å². The highest BCUT2D eigenvalue weighted by Crippen LogP contribution is 2.19. The van der Waals surface area contributed by atoms with Crippen molar-refractivity contribution in [2.75, 3.05) is 6.54 Å². The minimum atomic E-state index is -0.151. The van der Waals surface area contributed by atoms with Gasteiger partial charge in [0, 0.05) is 6.04 Å². The predicted octanol–water partition coefficient (Wildman–Crippen LogP) is 3.32. The Morgan fingerprint density at radius 1 is 1.33 bits per heavy atom. The highest BCUT2D eigenvalue weighted by molar-refractivity contribution is 5.21. The Bertz CT molecular complexity index is 298. The summed E-state index contributed by atoms with van der Waals surface area (Å²) in [5.74, 6) is 0.189. The third kappa shape index (κ3) is 3.63. The summed E-state index contributed by atoms with van der Waals surface area (Å²) in [6.45, 7) is 7.43. The maximum atomic E-state index is 13.0. The van der Waals surface area contributed by atoms with E-state index in [0.29, 0.717) is 12.0 Å². The lowest BCUT2D eigenvalue weighted by atomic mass is 9.94. The van der Waals surface area contributed by atoms with Gasteiger partial charge in [-0.3, -0.25) is 0 Å². The molecule has 1 rings (SSSR count). The van der Waals surface area contributed by atoms with Gasteiger partial charge in [-0.25, -0.2) is 4.39 Å². The van der Waals surface area contributed by atoms with Crippen LogP contribution in [0.3, 0.4) is 0 Å². The maximum absolute atomic E-state index is 13.0. The second-order valence-electron chi connectivity index (χ2n) is 4.09. The largest absolute Gasteiger partial charge is 0.314 e. The molecule has 0 amide bonds. The van der Waals surface area contributed by atoms with Gasteiger partial charge in [-0.1, -0.05) is 26.0 Å². The summed E-state index contributed by atoms with van der Waals surface area (Å²) < 4.78 is 13.0. The van der Waals surface area contributed by atoms with Gasteiger partial charge in [0.1, 0.15) is 5.82 Å². The highest BCUT2D eigenvalue weighted by Gasteiger charge is 2.13. The first-order valence-electron chi connectivity index (χ1n) is 5.64. The zero-order valence-electron chi connectivity index (χ0n) is 9.76. The van der Waals surface area contributed by atoms with Gasteiger partial charge < -0.3 is 5.32 Å². The highest BCUT2D eigenvalue weighted by atomic mass is 19.1. The van der Waals surface area contributed by atoms with E-state index in [0.717, 1.165) is 18.5 Å². The van der Waals surface area contributed by atoms with Crippen LogP contribution in [-0.4, -0.2) is 12.6 Å². The first-order chi connectivity index (χ1) is 7.15. The molecule has 0 radical (unpaired) electrons. The molecule has 0 aliphatic rings. The molecule has 0 fully saturated rings. The van der Waals surface area contributed by atoms with Crippen LogP contribution in [0.4, 0.5) is 4.39 Å². The summed E-state index contributed by atoms with van der Waals surface area (Å²) in [6, 6.07) is 7.24. The average Bonchev–Trinajstić information content (AvgIpc) is 2.24. The first kappa shape index (κ1) is 12.2. The Kier molecular flexibility index (Phi) is 4.76.